The number of hydrogen-bond acceptors (Lipinski definition) is 2. The van der Waals surface area contributed by atoms with Gasteiger partial charge in [0.15, 0.2) is 0 Å². The lowest BCUT2D eigenvalue weighted by Gasteiger charge is -2.24. The van der Waals surface area contributed by atoms with E-state index in [0.29, 0.717) is 6.42 Å². The summed E-state index contributed by atoms with van der Waals surface area (Å²) in [5.74, 6) is 0. The molecule has 3 rings (SSSR count). The quantitative estimate of drug-likeness (QED) is 0.373. The van der Waals surface area contributed by atoms with E-state index >= 15 is 0 Å². The monoisotopic (exact) mass is 487 g/mol. The van der Waals surface area contributed by atoms with Crippen LogP contribution in [0, 0.1) is 0 Å². The molecule has 3 aromatic carbocycles. The van der Waals surface area contributed by atoms with Crippen LogP contribution in [0.15, 0.2) is 81.7 Å². The highest BCUT2D eigenvalue weighted by Gasteiger charge is 2.18. The lowest BCUT2D eigenvalue weighted by molar-refractivity contribution is 0.160. The summed E-state index contributed by atoms with van der Waals surface area (Å²) in [6, 6.07) is 24.6. The SMILES string of the molecule is CCc1ccc(NC(CC(O)c2ccc(Br)cc2)c2ccc(Br)cc2)cc1. The van der Waals surface area contributed by atoms with E-state index in [2.05, 4.69) is 80.5 Å². The van der Waals surface area contributed by atoms with E-state index in [4.69, 9.17) is 0 Å². The van der Waals surface area contributed by atoms with Gasteiger partial charge in [-0.2, -0.15) is 0 Å². The first kappa shape index (κ1) is 20.1. The van der Waals surface area contributed by atoms with Crippen molar-refractivity contribution in [1.29, 1.82) is 0 Å². The Morgan fingerprint density at radius 2 is 1.30 bits per heavy atom. The van der Waals surface area contributed by atoms with Crippen molar-refractivity contribution < 1.29 is 5.11 Å². The second-order valence-electron chi connectivity index (χ2n) is 6.60. The number of anilines is 1. The van der Waals surface area contributed by atoms with Crippen molar-refractivity contribution in [2.45, 2.75) is 31.9 Å². The smallest absolute Gasteiger partial charge is 0.0813 e. The van der Waals surface area contributed by atoms with E-state index in [-0.39, 0.29) is 6.04 Å². The van der Waals surface area contributed by atoms with Crippen molar-refractivity contribution in [2.75, 3.05) is 5.32 Å². The van der Waals surface area contributed by atoms with Crippen molar-refractivity contribution in [2.24, 2.45) is 0 Å². The van der Waals surface area contributed by atoms with Gasteiger partial charge in [0, 0.05) is 21.1 Å². The number of aryl methyl sites for hydroxylation is 1. The highest BCUT2D eigenvalue weighted by Crippen LogP contribution is 2.31. The van der Waals surface area contributed by atoms with Gasteiger partial charge >= 0.3 is 0 Å². The maximum Gasteiger partial charge on any atom is 0.0813 e. The minimum atomic E-state index is -0.547. The van der Waals surface area contributed by atoms with E-state index in [1.54, 1.807) is 0 Å². The van der Waals surface area contributed by atoms with Crippen LogP contribution in [0.3, 0.4) is 0 Å². The third kappa shape index (κ3) is 5.68. The molecular weight excluding hydrogens is 466 g/mol. The van der Waals surface area contributed by atoms with E-state index in [9.17, 15) is 5.11 Å². The van der Waals surface area contributed by atoms with Crippen LogP contribution >= 0.6 is 31.9 Å². The molecule has 2 atom stereocenters. The maximum atomic E-state index is 10.8. The highest BCUT2D eigenvalue weighted by molar-refractivity contribution is 9.10. The Morgan fingerprint density at radius 3 is 1.81 bits per heavy atom. The predicted octanol–water partition coefficient (Wildman–Crippen LogP) is 7.05. The minimum Gasteiger partial charge on any atom is -0.388 e. The van der Waals surface area contributed by atoms with Gasteiger partial charge in [-0.1, -0.05) is 75.2 Å². The lowest BCUT2D eigenvalue weighted by Crippen LogP contribution is -2.15. The fourth-order valence-electron chi connectivity index (χ4n) is 3.06. The molecule has 0 aliphatic rings. The molecule has 0 radical (unpaired) electrons. The first-order valence-electron chi connectivity index (χ1n) is 9.09. The third-order valence-corrected chi connectivity index (χ3v) is 5.75. The third-order valence-electron chi connectivity index (χ3n) is 4.69. The van der Waals surface area contributed by atoms with Crippen LogP contribution in [0.5, 0.6) is 0 Å². The molecule has 0 fully saturated rings. The van der Waals surface area contributed by atoms with Gasteiger partial charge in [0.1, 0.15) is 0 Å². The van der Waals surface area contributed by atoms with E-state index < -0.39 is 6.10 Å². The molecule has 0 amide bonds. The molecule has 0 saturated carbocycles. The van der Waals surface area contributed by atoms with Gasteiger partial charge in [0.2, 0.25) is 0 Å². The van der Waals surface area contributed by atoms with Crippen molar-refractivity contribution in [3.05, 3.63) is 98.4 Å². The van der Waals surface area contributed by atoms with Gasteiger partial charge in [-0.25, -0.2) is 0 Å². The average molecular weight is 489 g/mol. The van der Waals surface area contributed by atoms with Crippen LogP contribution in [-0.2, 0) is 6.42 Å². The molecular formula is C23H23Br2NO. The number of benzene rings is 3. The molecule has 0 saturated heterocycles. The van der Waals surface area contributed by atoms with Gasteiger partial charge in [-0.15, -0.1) is 0 Å². The van der Waals surface area contributed by atoms with Gasteiger partial charge in [0.25, 0.3) is 0 Å². The first-order valence-corrected chi connectivity index (χ1v) is 10.7. The topological polar surface area (TPSA) is 32.3 Å². The molecule has 0 spiro atoms. The van der Waals surface area contributed by atoms with Crippen LogP contribution in [0.4, 0.5) is 5.69 Å². The largest absolute Gasteiger partial charge is 0.388 e. The predicted molar refractivity (Wildman–Crippen MR) is 120 cm³/mol. The fraction of sp³-hybridized carbons (Fsp3) is 0.217. The standard InChI is InChI=1S/C23H23Br2NO/c1-2-16-3-13-21(14-4-16)26-22(17-5-9-19(24)10-6-17)15-23(27)18-7-11-20(25)12-8-18/h3-14,22-23,26-27H,2,15H2,1H3. The second kappa shape index (κ2) is 9.54. The number of nitrogens with one attached hydrogen (secondary N) is 1. The van der Waals surface area contributed by atoms with Crippen LogP contribution in [0.2, 0.25) is 0 Å². The summed E-state index contributed by atoms with van der Waals surface area (Å²) in [4.78, 5) is 0. The van der Waals surface area contributed by atoms with Gasteiger partial charge in [-0.05, 0) is 59.5 Å². The van der Waals surface area contributed by atoms with Crippen molar-refractivity contribution in [3.63, 3.8) is 0 Å². The average Bonchev–Trinajstić information content (AvgIpc) is 2.69. The Kier molecular flexibility index (Phi) is 7.11. The number of rotatable bonds is 7. The molecule has 2 nitrogen and oxygen atoms in total. The summed E-state index contributed by atoms with van der Waals surface area (Å²) in [5.41, 5.74) is 4.44. The Balaban J connectivity index is 1.82. The molecule has 3 aromatic rings. The highest BCUT2D eigenvalue weighted by atomic mass is 79.9. The lowest BCUT2D eigenvalue weighted by atomic mass is 9.96. The summed E-state index contributed by atoms with van der Waals surface area (Å²) in [7, 11) is 0. The number of aliphatic hydroxyl groups excluding tert-OH is 1. The molecule has 140 valence electrons. The van der Waals surface area contributed by atoms with Crippen molar-refractivity contribution >= 4 is 37.5 Å². The summed E-state index contributed by atoms with van der Waals surface area (Å²) >= 11 is 6.94. The normalized spacial score (nSPS) is 13.2. The summed E-state index contributed by atoms with van der Waals surface area (Å²) in [5, 5.41) is 14.4. The molecule has 2 unspecified atom stereocenters. The molecule has 2 N–H and O–H groups in total. The molecule has 0 aliphatic carbocycles. The molecule has 0 bridgehead atoms. The Morgan fingerprint density at radius 1 is 0.778 bits per heavy atom. The first-order chi connectivity index (χ1) is 13.0. The van der Waals surface area contributed by atoms with Crippen molar-refractivity contribution in [3.8, 4) is 0 Å². The van der Waals surface area contributed by atoms with Crippen LogP contribution in [-0.4, -0.2) is 5.11 Å². The van der Waals surface area contributed by atoms with E-state index in [1.807, 2.05) is 36.4 Å². The zero-order chi connectivity index (χ0) is 19.2. The Hall–Kier alpha value is -1.62. The van der Waals surface area contributed by atoms with Crippen LogP contribution < -0.4 is 5.32 Å². The molecule has 4 heteroatoms. The van der Waals surface area contributed by atoms with Gasteiger partial charge in [0.05, 0.1) is 12.1 Å². The zero-order valence-electron chi connectivity index (χ0n) is 15.2. The van der Waals surface area contributed by atoms with Crippen LogP contribution in [0.1, 0.15) is 42.2 Å². The summed E-state index contributed by atoms with van der Waals surface area (Å²) in [6.45, 7) is 2.15. The van der Waals surface area contributed by atoms with Gasteiger partial charge < -0.3 is 10.4 Å². The number of halogens is 2. The molecule has 0 heterocycles. The summed E-state index contributed by atoms with van der Waals surface area (Å²) < 4.78 is 2.06. The van der Waals surface area contributed by atoms with E-state index in [1.165, 1.54) is 5.56 Å². The fourth-order valence-corrected chi connectivity index (χ4v) is 3.58. The Bertz CT molecular complexity index is 845. The van der Waals surface area contributed by atoms with Crippen LogP contribution in [0.25, 0.3) is 0 Å². The second-order valence-corrected chi connectivity index (χ2v) is 8.43. The molecule has 0 aliphatic heterocycles. The Labute approximate surface area is 177 Å². The van der Waals surface area contributed by atoms with Crippen molar-refractivity contribution in [1.82, 2.24) is 0 Å². The van der Waals surface area contributed by atoms with Gasteiger partial charge in [-0.3, -0.25) is 0 Å². The number of hydrogen-bond donors (Lipinski definition) is 2. The maximum absolute atomic E-state index is 10.8. The molecule has 0 aromatic heterocycles. The molecule has 27 heavy (non-hydrogen) atoms. The number of aliphatic hydroxyl groups is 1. The summed E-state index contributed by atoms with van der Waals surface area (Å²) in [6.07, 6.45) is 1.06. The zero-order valence-corrected chi connectivity index (χ0v) is 18.4. The minimum absolute atomic E-state index is 0.00391. The van der Waals surface area contributed by atoms with E-state index in [0.717, 1.165) is 32.2 Å².